The maximum atomic E-state index is 12.7. The molecule has 1 atom stereocenters. The smallest absolute Gasteiger partial charge is 0.222 e. The van der Waals surface area contributed by atoms with Crippen LogP contribution in [0, 0.1) is 6.92 Å². The largest absolute Gasteiger partial charge is 0.493 e. The SMILES string of the molecule is Cc1ccccc1OCCCC(=O)N1CCCC(c2cc(CN(C)C)n(C)n2)C1. The number of hydrogen-bond donors (Lipinski definition) is 0. The summed E-state index contributed by atoms with van der Waals surface area (Å²) >= 11 is 0. The van der Waals surface area contributed by atoms with E-state index in [1.54, 1.807) is 0 Å². The van der Waals surface area contributed by atoms with Gasteiger partial charge in [0.25, 0.3) is 0 Å². The number of aryl methyl sites for hydroxylation is 2. The number of hydrogen-bond acceptors (Lipinski definition) is 4. The van der Waals surface area contributed by atoms with Gasteiger partial charge in [0.2, 0.25) is 5.91 Å². The Kier molecular flexibility index (Phi) is 7.31. The van der Waals surface area contributed by atoms with Crippen LogP contribution >= 0.6 is 0 Å². The maximum Gasteiger partial charge on any atom is 0.222 e. The molecule has 6 nitrogen and oxygen atoms in total. The summed E-state index contributed by atoms with van der Waals surface area (Å²) in [5.41, 5.74) is 3.45. The molecular formula is C23H34N4O2. The minimum absolute atomic E-state index is 0.229. The lowest BCUT2D eigenvalue weighted by molar-refractivity contribution is -0.132. The summed E-state index contributed by atoms with van der Waals surface area (Å²) < 4.78 is 7.80. The van der Waals surface area contributed by atoms with E-state index in [-0.39, 0.29) is 5.91 Å². The maximum absolute atomic E-state index is 12.7. The van der Waals surface area contributed by atoms with Crippen LogP contribution in [-0.2, 0) is 18.4 Å². The second-order valence-corrected chi connectivity index (χ2v) is 8.32. The number of amides is 1. The van der Waals surface area contributed by atoms with Crippen LogP contribution < -0.4 is 4.74 Å². The zero-order valence-corrected chi connectivity index (χ0v) is 18.2. The third-order valence-electron chi connectivity index (χ3n) is 5.55. The van der Waals surface area contributed by atoms with Crippen molar-refractivity contribution in [2.24, 2.45) is 7.05 Å². The number of carbonyl (C=O) groups is 1. The van der Waals surface area contributed by atoms with Gasteiger partial charge in [0, 0.05) is 39.0 Å². The van der Waals surface area contributed by atoms with Gasteiger partial charge in [-0.15, -0.1) is 0 Å². The van der Waals surface area contributed by atoms with E-state index in [2.05, 4.69) is 25.1 Å². The summed E-state index contributed by atoms with van der Waals surface area (Å²) in [4.78, 5) is 16.9. The van der Waals surface area contributed by atoms with E-state index in [0.29, 0.717) is 18.9 Å². The number of likely N-dealkylation sites (tertiary alicyclic amines) is 1. The molecule has 1 aliphatic rings. The molecule has 1 unspecified atom stereocenters. The minimum Gasteiger partial charge on any atom is -0.493 e. The van der Waals surface area contributed by atoms with Crippen LogP contribution in [-0.4, -0.2) is 59.3 Å². The molecule has 1 aromatic heterocycles. The van der Waals surface area contributed by atoms with Gasteiger partial charge in [-0.3, -0.25) is 9.48 Å². The summed E-state index contributed by atoms with van der Waals surface area (Å²) in [6, 6.07) is 10.2. The van der Waals surface area contributed by atoms with Crippen molar-refractivity contribution in [2.45, 2.75) is 45.1 Å². The normalized spacial score (nSPS) is 17.0. The molecule has 0 aliphatic carbocycles. The van der Waals surface area contributed by atoms with Gasteiger partial charge in [0.15, 0.2) is 0 Å². The second kappa shape index (κ2) is 9.92. The molecule has 1 aromatic carbocycles. The first kappa shape index (κ1) is 21.4. The molecule has 6 heteroatoms. The first-order valence-corrected chi connectivity index (χ1v) is 10.6. The fraction of sp³-hybridized carbons (Fsp3) is 0.565. The summed E-state index contributed by atoms with van der Waals surface area (Å²) in [7, 11) is 6.13. The molecule has 0 saturated carbocycles. The highest BCUT2D eigenvalue weighted by molar-refractivity contribution is 5.76. The van der Waals surface area contributed by atoms with Gasteiger partial charge >= 0.3 is 0 Å². The monoisotopic (exact) mass is 398 g/mol. The quantitative estimate of drug-likeness (QED) is 0.640. The van der Waals surface area contributed by atoms with E-state index < -0.39 is 0 Å². The van der Waals surface area contributed by atoms with E-state index in [4.69, 9.17) is 9.84 Å². The van der Waals surface area contributed by atoms with Crippen molar-refractivity contribution in [1.82, 2.24) is 19.6 Å². The topological polar surface area (TPSA) is 50.6 Å². The van der Waals surface area contributed by atoms with Crippen LogP contribution in [0.15, 0.2) is 30.3 Å². The molecule has 1 fully saturated rings. The predicted octanol–water partition coefficient (Wildman–Crippen LogP) is 3.36. The molecule has 1 aliphatic heterocycles. The van der Waals surface area contributed by atoms with Crippen molar-refractivity contribution in [3.63, 3.8) is 0 Å². The van der Waals surface area contributed by atoms with Gasteiger partial charge < -0.3 is 14.5 Å². The zero-order valence-electron chi connectivity index (χ0n) is 18.2. The number of nitrogens with zero attached hydrogens (tertiary/aromatic N) is 4. The molecule has 2 aromatic rings. The highest BCUT2D eigenvalue weighted by atomic mass is 16.5. The molecule has 0 N–H and O–H groups in total. The second-order valence-electron chi connectivity index (χ2n) is 8.32. The van der Waals surface area contributed by atoms with Crippen molar-refractivity contribution in [2.75, 3.05) is 33.8 Å². The molecule has 2 heterocycles. The fourth-order valence-electron chi connectivity index (χ4n) is 3.93. The Morgan fingerprint density at radius 3 is 2.86 bits per heavy atom. The third-order valence-corrected chi connectivity index (χ3v) is 5.55. The van der Waals surface area contributed by atoms with Gasteiger partial charge in [-0.2, -0.15) is 5.10 Å². The van der Waals surface area contributed by atoms with Crippen molar-refractivity contribution < 1.29 is 9.53 Å². The predicted molar refractivity (Wildman–Crippen MR) is 115 cm³/mol. The first-order valence-electron chi connectivity index (χ1n) is 10.6. The average molecular weight is 399 g/mol. The highest BCUT2D eigenvalue weighted by Gasteiger charge is 2.26. The zero-order chi connectivity index (χ0) is 20.8. The molecule has 3 rings (SSSR count). The number of rotatable bonds is 8. The minimum atomic E-state index is 0.229. The van der Waals surface area contributed by atoms with Crippen molar-refractivity contribution in [3.05, 3.63) is 47.3 Å². The van der Waals surface area contributed by atoms with E-state index >= 15 is 0 Å². The van der Waals surface area contributed by atoms with Crippen LogP contribution in [0.1, 0.15) is 48.6 Å². The van der Waals surface area contributed by atoms with Crippen molar-refractivity contribution in [1.29, 1.82) is 0 Å². The van der Waals surface area contributed by atoms with Crippen LogP contribution in [0.25, 0.3) is 0 Å². The molecule has 0 radical (unpaired) electrons. The molecule has 0 spiro atoms. The summed E-state index contributed by atoms with van der Waals surface area (Å²) in [5.74, 6) is 1.47. The lowest BCUT2D eigenvalue weighted by Crippen LogP contribution is -2.39. The molecule has 0 bridgehead atoms. The number of ether oxygens (including phenoxy) is 1. The van der Waals surface area contributed by atoms with E-state index in [9.17, 15) is 4.79 Å². The van der Waals surface area contributed by atoms with Gasteiger partial charge in [-0.25, -0.2) is 0 Å². The summed E-state index contributed by atoms with van der Waals surface area (Å²) in [5, 5.41) is 4.73. The van der Waals surface area contributed by atoms with Crippen LogP contribution in [0.5, 0.6) is 5.75 Å². The number of benzene rings is 1. The molecular weight excluding hydrogens is 364 g/mol. The van der Waals surface area contributed by atoms with E-state index in [1.165, 1.54) is 5.69 Å². The van der Waals surface area contributed by atoms with Crippen LogP contribution in [0.2, 0.25) is 0 Å². The number of piperidine rings is 1. The summed E-state index contributed by atoms with van der Waals surface area (Å²) in [6.45, 7) is 5.11. The van der Waals surface area contributed by atoms with Gasteiger partial charge in [-0.05, 0) is 58.0 Å². The lowest BCUT2D eigenvalue weighted by Gasteiger charge is -2.32. The first-order chi connectivity index (χ1) is 13.9. The lowest BCUT2D eigenvalue weighted by atomic mass is 9.94. The van der Waals surface area contributed by atoms with Gasteiger partial charge in [0.1, 0.15) is 5.75 Å². The number of aromatic nitrogens is 2. The number of para-hydroxylation sites is 1. The fourth-order valence-corrected chi connectivity index (χ4v) is 3.93. The standard InChI is InChI=1S/C23H34N4O2/c1-18-9-5-6-11-22(18)29-14-8-12-23(28)27-13-7-10-19(16-27)21-15-20(17-25(2)3)26(4)24-21/h5-6,9,11,15,19H,7-8,10,12-14,16-17H2,1-4H3. The van der Waals surface area contributed by atoms with Crippen LogP contribution in [0.4, 0.5) is 0 Å². The highest BCUT2D eigenvalue weighted by Crippen LogP contribution is 2.27. The van der Waals surface area contributed by atoms with Crippen molar-refractivity contribution >= 4 is 5.91 Å². The van der Waals surface area contributed by atoms with Crippen molar-refractivity contribution in [3.8, 4) is 5.75 Å². The van der Waals surface area contributed by atoms with E-state index in [1.807, 2.05) is 47.8 Å². The Labute approximate surface area is 174 Å². The Hall–Kier alpha value is -2.34. The van der Waals surface area contributed by atoms with E-state index in [0.717, 1.165) is 55.9 Å². The molecule has 1 amide bonds. The van der Waals surface area contributed by atoms with Gasteiger partial charge in [-0.1, -0.05) is 18.2 Å². The molecule has 158 valence electrons. The molecule has 1 saturated heterocycles. The van der Waals surface area contributed by atoms with Gasteiger partial charge in [0.05, 0.1) is 18.0 Å². The Morgan fingerprint density at radius 1 is 1.31 bits per heavy atom. The third kappa shape index (κ3) is 5.82. The average Bonchev–Trinajstić information content (AvgIpc) is 3.06. The number of carbonyl (C=O) groups excluding carboxylic acids is 1. The summed E-state index contributed by atoms with van der Waals surface area (Å²) in [6.07, 6.45) is 3.41. The molecule has 29 heavy (non-hydrogen) atoms. The Morgan fingerprint density at radius 2 is 2.10 bits per heavy atom. The Bertz CT molecular complexity index is 815. The van der Waals surface area contributed by atoms with Crippen LogP contribution in [0.3, 0.4) is 0 Å². The Balaban J connectivity index is 1.48.